The Balaban J connectivity index is 1.93. The van der Waals surface area contributed by atoms with Gasteiger partial charge in [0.2, 0.25) is 0 Å². The molecule has 22 heavy (non-hydrogen) atoms. The van der Waals surface area contributed by atoms with E-state index in [-0.39, 0.29) is 11.5 Å². The molecule has 0 radical (unpaired) electrons. The first-order chi connectivity index (χ1) is 10.7. The Hall–Kier alpha value is -2.25. The van der Waals surface area contributed by atoms with Crippen LogP contribution in [0.25, 0.3) is 15.9 Å². The highest BCUT2D eigenvalue weighted by atomic mass is 32.1. The van der Waals surface area contributed by atoms with Gasteiger partial charge in [0.25, 0.3) is 11.5 Å². The topological polar surface area (TPSA) is 72.7 Å². The molecule has 0 fully saturated rings. The second-order valence-electron chi connectivity index (χ2n) is 4.78. The molecule has 1 N–H and O–H groups in total. The van der Waals surface area contributed by atoms with Crippen LogP contribution in [0.15, 0.2) is 35.3 Å². The summed E-state index contributed by atoms with van der Waals surface area (Å²) in [5, 5.41) is 3.28. The molecule has 0 aliphatic carbocycles. The van der Waals surface area contributed by atoms with Crippen LogP contribution in [-0.4, -0.2) is 35.6 Å². The largest absolute Gasteiger partial charge is 0.385 e. The lowest BCUT2D eigenvalue weighted by molar-refractivity contribution is 0.0952. The number of amides is 1. The number of carbonyl (C=O) groups excluding carboxylic acids is 1. The van der Waals surface area contributed by atoms with Crippen LogP contribution in [-0.2, 0) is 4.74 Å². The molecule has 7 heteroatoms. The summed E-state index contributed by atoms with van der Waals surface area (Å²) in [7, 11) is 1.62. The van der Waals surface area contributed by atoms with Crippen molar-refractivity contribution >= 4 is 33.1 Å². The first kappa shape index (κ1) is 14.7. The molecule has 6 nitrogen and oxygen atoms in total. The van der Waals surface area contributed by atoms with Crippen LogP contribution in [0.3, 0.4) is 0 Å². The number of nitrogens with one attached hydrogen (secondary N) is 1. The van der Waals surface area contributed by atoms with Crippen LogP contribution in [0.4, 0.5) is 0 Å². The van der Waals surface area contributed by atoms with E-state index in [1.54, 1.807) is 31.5 Å². The van der Waals surface area contributed by atoms with Gasteiger partial charge in [-0.1, -0.05) is 6.07 Å². The lowest BCUT2D eigenvalue weighted by Gasteiger charge is -2.01. The maximum Gasteiger partial charge on any atom is 0.266 e. The number of pyridine rings is 1. The zero-order valence-corrected chi connectivity index (χ0v) is 12.9. The van der Waals surface area contributed by atoms with E-state index in [1.807, 2.05) is 6.07 Å². The summed E-state index contributed by atoms with van der Waals surface area (Å²) >= 11 is 1.23. The van der Waals surface area contributed by atoms with Gasteiger partial charge in [0.15, 0.2) is 0 Å². The number of ether oxygens (including phenoxy) is 1. The van der Waals surface area contributed by atoms with Gasteiger partial charge in [0.05, 0.1) is 10.3 Å². The number of rotatable bonds is 5. The highest BCUT2D eigenvalue weighted by molar-refractivity contribution is 7.20. The van der Waals surface area contributed by atoms with Crippen LogP contribution in [0.5, 0.6) is 0 Å². The van der Waals surface area contributed by atoms with Gasteiger partial charge in [-0.15, -0.1) is 11.3 Å². The number of hydrogen-bond donors (Lipinski definition) is 1. The first-order valence-corrected chi connectivity index (χ1v) is 7.70. The van der Waals surface area contributed by atoms with Gasteiger partial charge in [-0.3, -0.25) is 14.0 Å². The van der Waals surface area contributed by atoms with E-state index in [1.165, 1.54) is 15.7 Å². The van der Waals surface area contributed by atoms with E-state index in [2.05, 4.69) is 10.3 Å². The lowest BCUT2D eigenvalue weighted by atomic mass is 10.3. The van der Waals surface area contributed by atoms with E-state index >= 15 is 0 Å². The molecule has 0 saturated heterocycles. The Morgan fingerprint density at radius 1 is 1.45 bits per heavy atom. The normalized spacial score (nSPS) is 11.1. The fourth-order valence-corrected chi connectivity index (χ4v) is 3.11. The molecule has 0 unspecified atom stereocenters. The average molecular weight is 317 g/mol. The van der Waals surface area contributed by atoms with Gasteiger partial charge < -0.3 is 10.1 Å². The van der Waals surface area contributed by atoms with E-state index in [9.17, 15) is 9.59 Å². The van der Waals surface area contributed by atoms with Crippen molar-refractivity contribution in [1.29, 1.82) is 0 Å². The Kier molecular flexibility index (Phi) is 4.17. The molecule has 0 spiro atoms. The molecule has 114 valence electrons. The fraction of sp³-hybridized carbons (Fsp3) is 0.267. The molecule has 1 amide bonds. The minimum atomic E-state index is -0.187. The number of carbonyl (C=O) groups is 1. The van der Waals surface area contributed by atoms with Crippen molar-refractivity contribution in [3.8, 4) is 0 Å². The highest BCUT2D eigenvalue weighted by Gasteiger charge is 2.14. The lowest BCUT2D eigenvalue weighted by Crippen LogP contribution is -2.24. The predicted molar refractivity (Wildman–Crippen MR) is 85.7 cm³/mol. The molecule has 0 aliphatic rings. The molecule has 0 aliphatic heterocycles. The molecular formula is C15H15N3O3S. The van der Waals surface area contributed by atoms with Gasteiger partial charge in [0, 0.05) is 26.5 Å². The number of nitrogens with zero attached hydrogens (tertiary/aromatic N) is 2. The summed E-state index contributed by atoms with van der Waals surface area (Å²) in [5.74, 6) is -0.187. The van der Waals surface area contributed by atoms with Crippen molar-refractivity contribution in [3.63, 3.8) is 0 Å². The van der Waals surface area contributed by atoms with Crippen LogP contribution in [0.1, 0.15) is 16.1 Å². The molecule has 0 saturated carbocycles. The van der Waals surface area contributed by atoms with Crippen molar-refractivity contribution < 1.29 is 9.53 Å². The number of fused-ring (bicyclic) bond motifs is 2. The highest BCUT2D eigenvalue weighted by Crippen LogP contribution is 2.21. The standard InChI is InChI=1S/C15H15N3O3S/c1-21-8-4-6-16-13(19)11-9-10-14(22-11)17-12-5-2-3-7-18(12)15(10)20/h2-3,5,7,9H,4,6,8H2,1H3,(H,16,19). The van der Waals surface area contributed by atoms with Crippen LogP contribution >= 0.6 is 11.3 Å². The summed E-state index contributed by atoms with van der Waals surface area (Å²) in [6.45, 7) is 1.14. The molecule has 3 heterocycles. The molecule has 0 bridgehead atoms. The van der Waals surface area contributed by atoms with Gasteiger partial charge in [0.1, 0.15) is 10.5 Å². The third kappa shape index (κ3) is 2.72. The predicted octanol–water partition coefficient (Wildman–Crippen LogP) is 1.68. The van der Waals surface area contributed by atoms with Crippen molar-refractivity contribution in [3.05, 3.63) is 45.7 Å². The summed E-state index contributed by atoms with van der Waals surface area (Å²) < 4.78 is 6.42. The SMILES string of the molecule is COCCCNC(=O)c1cc2c(=O)n3ccccc3nc2s1. The third-order valence-electron chi connectivity index (χ3n) is 3.25. The summed E-state index contributed by atoms with van der Waals surface area (Å²) in [4.78, 5) is 30.0. The molecule has 0 aromatic carbocycles. The first-order valence-electron chi connectivity index (χ1n) is 6.89. The van der Waals surface area contributed by atoms with E-state index in [0.29, 0.717) is 33.9 Å². The summed E-state index contributed by atoms with van der Waals surface area (Å²) in [5.41, 5.74) is 0.421. The smallest absolute Gasteiger partial charge is 0.266 e. The minimum absolute atomic E-state index is 0.157. The summed E-state index contributed by atoms with van der Waals surface area (Å²) in [6, 6.07) is 6.98. The Morgan fingerprint density at radius 2 is 2.32 bits per heavy atom. The van der Waals surface area contributed by atoms with Gasteiger partial charge in [-0.25, -0.2) is 4.98 Å². The zero-order chi connectivity index (χ0) is 15.5. The van der Waals surface area contributed by atoms with Gasteiger partial charge >= 0.3 is 0 Å². The summed E-state index contributed by atoms with van der Waals surface area (Å²) in [6.07, 6.45) is 2.42. The molecule has 0 atom stereocenters. The molecule has 3 rings (SSSR count). The molecule has 3 aromatic heterocycles. The zero-order valence-electron chi connectivity index (χ0n) is 12.0. The van der Waals surface area contributed by atoms with E-state index in [4.69, 9.17) is 4.74 Å². The fourth-order valence-electron chi connectivity index (χ4n) is 2.17. The number of hydrogen-bond acceptors (Lipinski definition) is 5. The van der Waals surface area contributed by atoms with E-state index < -0.39 is 0 Å². The maximum atomic E-state index is 12.4. The monoisotopic (exact) mass is 317 g/mol. The maximum absolute atomic E-state index is 12.4. The van der Waals surface area contributed by atoms with E-state index in [0.717, 1.165) is 6.42 Å². The van der Waals surface area contributed by atoms with Crippen molar-refractivity contribution in [2.75, 3.05) is 20.3 Å². The van der Waals surface area contributed by atoms with Crippen LogP contribution in [0.2, 0.25) is 0 Å². The minimum Gasteiger partial charge on any atom is -0.385 e. The quantitative estimate of drug-likeness (QED) is 0.727. The molecular weight excluding hydrogens is 302 g/mol. The number of thiophene rings is 1. The van der Waals surface area contributed by atoms with Crippen molar-refractivity contribution in [2.45, 2.75) is 6.42 Å². The van der Waals surface area contributed by atoms with Crippen LogP contribution < -0.4 is 10.9 Å². The second kappa shape index (κ2) is 6.25. The number of aromatic nitrogens is 2. The van der Waals surface area contributed by atoms with Gasteiger partial charge in [-0.2, -0.15) is 0 Å². The Bertz CT molecular complexity index is 884. The average Bonchev–Trinajstić information content (AvgIpc) is 2.96. The third-order valence-corrected chi connectivity index (χ3v) is 4.28. The Labute approximate surface area is 130 Å². The van der Waals surface area contributed by atoms with Crippen molar-refractivity contribution in [1.82, 2.24) is 14.7 Å². The van der Waals surface area contributed by atoms with Gasteiger partial charge in [-0.05, 0) is 24.6 Å². The number of methoxy groups -OCH3 is 1. The van der Waals surface area contributed by atoms with Crippen molar-refractivity contribution in [2.24, 2.45) is 0 Å². The second-order valence-corrected chi connectivity index (χ2v) is 5.81. The van der Waals surface area contributed by atoms with Crippen LogP contribution in [0, 0.1) is 0 Å². The molecule has 3 aromatic rings. The Morgan fingerprint density at radius 3 is 3.14 bits per heavy atom.